The summed E-state index contributed by atoms with van der Waals surface area (Å²) in [6.07, 6.45) is -0.722. The molecule has 196 valence electrons. The predicted molar refractivity (Wildman–Crippen MR) is 134 cm³/mol. The lowest BCUT2D eigenvalue weighted by Gasteiger charge is -2.34. The van der Waals surface area contributed by atoms with Crippen LogP contribution in [0.5, 0.6) is 0 Å². The number of anilines is 2. The van der Waals surface area contributed by atoms with Crippen molar-refractivity contribution in [1.29, 1.82) is 0 Å². The fourth-order valence-electron chi connectivity index (χ4n) is 5.17. The van der Waals surface area contributed by atoms with Gasteiger partial charge < -0.3 is 10.2 Å². The van der Waals surface area contributed by atoms with Crippen LogP contribution in [0.1, 0.15) is 55.5 Å². The van der Waals surface area contributed by atoms with Gasteiger partial charge in [-0.2, -0.15) is 17.5 Å². The summed E-state index contributed by atoms with van der Waals surface area (Å²) < 4.78 is 68.3. The number of rotatable bonds is 5. The van der Waals surface area contributed by atoms with Crippen molar-refractivity contribution in [2.45, 2.75) is 50.6 Å². The molecule has 1 N–H and O–H groups in total. The summed E-state index contributed by atoms with van der Waals surface area (Å²) in [7, 11) is -3.81. The average Bonchev–Trinajstić information content (AvgIpc) is 2.83. The molecule has 36 heavy (non-hydrogen) atoms. The van der Waals surface area contributed by atoms with E-state index in [0.29, 0.717) is 31.9 Å². The Morgan fingerprint density at radius 2 is 1.64 bits per heavy atom. The minimum atomic E-state index is -4.56. The minimum absolute atomic E-state index is 0.00301. The molecule has 0 radical (unpaired) electrons. The smallest absolute Gasteiger partial charge is 0.370 e. The number of amides is 1. The molecular weight excluding hydrogens is 491 g/mol. The lowest BCUT2D eigenvalue weighted by Crippen LogP contribution is -2.42. The zero-order valence-electron chi connectivity index (χ0n) is 20.5. The number of hydrogen-bond donors (Lipinski definition) is 1. The van der Waals surface area contributed by atoms with Crippen molar-refractivity contribution in [2.24, 2.45) is 11.8 Å². The van der Waals surface area contributed by atoms with Gasteiger partial charge in [-0.1, -0.05) is 19.9 Å². The minimum Gasteiger partial charge on any atom is -0.370 e. The lowest BCUT2D eigenvalue weighted by molar-refractivity contribution is -0.137. The van der Waals surface area contributed by atoms with Gasteiger partial charge in [-0.15, -0.1) is 0 Å². The highest BCUT2D eigenvalue weighted by Crippen LogP contribution is 2.36. The fraction of sp³-hybridized carbons (Fsp3) is 0.500. The topological polar surface area (TPSA) is 69.7 Å². The van der Waals surface area contributed by atoms with Crippen LogP contribution in [0.25, 0.3) is 0 Å². The molecule has 2 fully saturated rings. The molecule has 0 aromatic heterocycles. The Morgan fingerprint density at radius 3 is 2.28 bits per heavy atom. The Bertz CT molecular complexity index is 1200. The monoisotopic (exact) mass is 523 g/mol. The largest absolute Gasteiger partial charge is 0.416 e. The van der Waals surface area contributed by atoms with Crippen molar-refractivity contribution in [1.82, 2.24) is 4.31 Å². The van der Waals surface area contributed by atoms with E-state index in [1.165, 1.54) is 34.6 Å². The third-order valence-electron chi connectivity index (χ3n) is 6.84. The van der Waals surface area contributed by atoms with Crippen LogP contribution in [0.2, 0.25) is 0 Å². The van der Waals surface area contributed by atoms with Crippen LogP contribution in [-0.2, 0) is 16.2 Å². The van der Waals surface area contributed by atoms with Gasteiger partial charge in [0.1, 0.15) is 0 Å². The molecule has 2 aromatic carbocycles. The second-order valence-corrected chi connectivity index (χ2v) is 12.0. The summed E-state index contributed by atoms with van der Waals surface area (Å²) in [5.74, 6) is -0.210. The molecule has 0 aliphatic carbocycles. The first-order valence-corrected chi connectivity index (χ1v) is 13.8. The van der Waals surface area contributed by atoms with Crippen LogP contribution in [-0.4, -0.2) is 44.8 Å². The highest BCUT2D eigenvalue weighted by atomic mass is 32.2. The molecule has 2 saturated heterocycles. The quantitative estimate of drug-likeness (QED) is 0.553. The van der Waals surface area contributed by atoms with Gasteiger partial charge >= 0.3 is 6.18 Å². The number of sulfonamides is 1. The lowest BCUT2D eigenvalue weighted by atomic mass is 9.94. The Hall–Kier alpha value is -2.59. The number of carbonyl (C=O) groups is 1. The van der Waals surface area contributed by atoms with Crippen molar-refractivity contribution < 1.29 is 26.4 Å². The van der Waals surface area contributed by atoms with Crippen molar-refractivity contribution >= 4 is 27.3 Å². The predicted octanol–water partition coefficient (Wildman–Crippen LogP) is 5.61. The van der Waals surface area contributed by atoms with Crippen LogP contribution in [0.15, 0.2) is 47.4 Å². The first-order valence-electron chi connectivity index (χ1n) is 12.3. The van der Waals surface area contributed by atoms with Crippen molar-refractivity contribution in [2.75, 3.05) is 36.4 Å². The third-order valence-corrected chi connectivity index (χ3v) is 8.67. The molecule has 1 amide bonds. The molecular formula is C26H32F3N3O3S. The maximum absolute atomic E-state index is 13.4. The highest BCUT2D eigenvalue weighted by molar-refractivity contribution is 7.89. The number of nitrogens with one attached hydrogen (secondary N) is 1. The third kappa shape index (κ3) is 5.86. The molecule has 0 bridgehead atoms. The zero-order chi connectivity index (χ0) is 26.1. The van der Waals surface area contributed by atoms with Crippen LogP contribution >= 0.6 is 0 Å². The van der Waals surface area contributed by atoms with E-state index in [1.807, 2.05) is 18.7 Å². The summed E-state index contributed by atoms with van der Waals surface area (Å²) in [5.41, 5.74) is -0.209. The van der Waals surface area contributed by atoms with Crippen molar-refractivity contribution in [3.05, 3.63) is 53.6 Å². The maximum Gasteiger partial charge on any atom is 0.416 e. The Balaban J connectivity index is 1.62. The Morgan fingerprint density at radius 1 is 0.972 bits per heavy atom. The Kier molecular flexibility index (Phi) is 7.66. The first-order chi connectivity index (χ1) is 16.9. The molecule has 2 heterocycles. The summed E-state index contributed by atoms with van der Waals surface area (Å²) in [6.45, 7) is 6.22. The zero-order valence-corrected chi connectivity index (χ0v) is 21.3. The van der Waals surface area contributed by atoms with Crippen LogP contribution in [0.4, 0.5) is 24.5 Å². The van der Waals surface area contributed by atoms with Crippen LogP contribution in [0, 0.1) is 11.8 Å². The number of halogens is 3. The molecule has 4 rings (SSSR count). The molecule has 2 aliphatic heterocycles. The second kappa shape index (κ2) is 10.4. The summed E-state index contributed by atoms with van der Waals surface area (Å²) in [6, 6.07) is 9.04. The van der Waals surface area contributed by atoms with E-state index in [0.717, 1.165) is 37.8 Å². The van der Waals surface area contributed by atoms with Crippen LogP contribution < -0.4 is 10.2 Å². The van der Waals surface area contributed by atoms with Gasteiger partial charge in [-0.3, -0.25) is 4.79 Å². The van der Waals surface area contributed by atoms with Crippen molar-refractivity contribution in [3.63, 3.8) is 0 Å². The van der Waals surface area contributed by atoms with E-state index in [1.54, 1.807) is 0 Å². The van der Waals surface area contributed by atoms with Gasteiger partial charge in [-0.05, 0) is 73.9 Å². The Labute approximate surface area is 210 Å². The molecule has 2 atom stereocenters. The number of piperidine rings is 2. The SMILES string of the molecule is CC1CC(C)CN(S(=O)(=O)c2cccc(C(=O)Nc3cc(C(F)(F)F)ccc3N3CCCCC3)c2)C1. The number of benzene rings is 2. The van der Waals surface area contributed by atoms with Crippen molar-refractivity contribution in [3.8, 4) is 0 Å². The van der Waals surface area contributed by atoms with E-state index in [9.17, 15) is 26.4 Å². The number of carbonyl (C=O) groups excluding carboxylic acids is 1. The normalized spacial score (nSPS) is 21.9. The van der Waals surface area contributed by atoms with E-state index >= 15 is 0 Å². The van der Waals surface area contributed by atoms with Gasteiger partial charge in [-0.25, -0.2) is 8.42 Å². The standard InChI is InChI=1S/C26H32F3N3O3S/c1-18-13-19(2)17-32(16-18)36(34,35)22-8-6-7-20(14-22)25(33)30-23-15-21(26(27,28)29)9-10-24(23)31-11-4-3-5-12-31/h6-10,14-15,18-19H,3-5,11-13,16-17H2,1-2H3,(H,30,33). The molecule has 0 saturated carbocycles. The van der Waals surface area contributed by atoms with Gasteiger partial charge in [0.2, 0.25) is 10.0 Å². The average molecular weight is 524 g/mol. The second-order valence-electron chi connectivity index (χ2n) is 10.0. The van der Waals surface area contributed by atoms with Gasteiger partial charge in [0.15, 0.2) is 0 Å². The number of hydrogen-bond acceptors (Lipinski definition) is 4. The number of nitrogens with zero attached hydrogens (tertiary/aromatic N) is 2. The molecule has 10 heteroatoms. The number of alkyl halides is 3. The molecule has 2 aromatic rings. The van der Waals surface area contributed by atoms with Gasteiger partial charge in [0.05, 0.1) is 21.8 Å². The van der Waals surface area contributed by atoms with E-state index in [-0.39, 0.29) is 28.0 Å². The molecule has 0 spiro atoms. The van der Waals surface area contributed by atoms with Crippen LogP contribution in [0.3, 0.4) is 0 Å². The summed E-state index contributed by atoms with van der Waals surface area (Å²) >= 11 is 0. The van der Waals surface area contributed by atoms with Gasteiger partial charge in [0.25, 0.3) is 5.91 Å². The summed E-state index contributed by atoms with van der Waals surface area (Å²) in [4.78, 5) is 15.1. The van der Waals surface area contributed by atoms with Gasteiger partial charge in [0, 0.05) is 31.7 Å². The van der Waals surface area contributed by atoms with E-state index in [2.05, 4.69) is 5.32 Å². The summed E-state index contributed by atoms with van der Waals surface area (Å²) in [5, 5.41) is 2.62. The highest BCUT2D eigenvalue weighted by Gasteiger charge is 2.33. The first kappa shape index (κ1) is 26.5. The fourth-order valence-corrected chi connectivity index (χ4v) is 6.89. The molecule has 2 aliphatic rings. The molecule has 6 nitrogen and oxygen atoms in total. The van der Waals surface area contributed by atoms with E-state index in [4.69, 9.17) is 0 Å². The molecule has 2 unspecified atom stereocenters. The van der Waals surface area contributed by atoms with E-state index < -0.39 is 27.7 Å². The maximum atomic E-state index is 13.4.